The highest BCUT2D eigenvalue weighted by molar-refractivity contribution is 5.90. The third-order valence-electron chi connectivity index (χ3n) is 0.803. The zero-order valence-electron chi connectivity index (χ0n) is 6.29. The molecule has 0 aromatic heterocycles. The summed E-state index contributed by atoms with van der Waals surface area (Å²) in [7, 11) is 1.48. The van der Waals surface area contributed by atoms with Crippen molar-refractivity contribution >= 4 is 5.78 Å². The fraction of sp³-hybridized carbons (Fsp3) is 0.571. The lowest BCUT2D eigenvalue weighted by molar-refractivity contribution is -0.118. The Labute approximate surface area is 60.6 Å². The molecule has 0 spiro atoms. The summed E-state index contributed by atoms with van der Waals surface area (Å²) in [5.41, 5.74) is 0. The van der Waals surface area contributed by atoms with Gasteiger partial charge < -0.3 is 9.47 Å². The predicted molar refractivity (Wildman–Crippen MR) is 37.6 cm³/mol. The molecule has 10 heavy (non-hydrogen) atoms. The van der Waals surface area contributed by atoms with Gasteiger partial charge in [-0.15, -0.1) is 0 Å². The molecule has 0 rings (SSSR count). The van der Waals surface area contributed by atoms with Crippen LogP contribution in [0.5, 0.6) is 0 Å². The number of methoxy groups -OCH3 is 1. The summed E-state index contributed by atoms with van der Waals surface area (Å²) in [5.74, 6) is -0.0871. The summed E-state index contributed by atoms with van der Waals surface area (Å²) in [5, 5.41) is 0. The molecule has 0 bridgehead atoms. The minimum Gasteiger partial charge on any atom is -0.501 e. The highest BCUT2D eigenvalue weighted by Gasteiger charge is 1.91. The van der Waals surface area contributed by atoms with Gasteiger partial charge in [0.15, 0.2) is 5.78 Å². The summed E-state index contributed by atoms with van der Waals surface area (Å²) in [6.07, 6.45) is 2.73. The lowest BCUT2D eigenvalue weighted by Crippen LogP contribution is -2.01. The van der Waals surface area contributed by atoms with Gasteiger partial charge >= 0.3 is 0 Å². The van der Waals surface area contributed by atoms with Crippen molar-refractivity contribution in [2.24, 2.45) is 0 Å². The van der Waals surface area contributed by atoms with E-state index in [-0.39, 0.29) is 12.4 Å². The van der Waals surface area contributed by atoms with Crippen LogP contribution in [0.1, 0.15) is 6.92 Å². The van der Waals surface area contributed by atoms with E-state index in [0.717, 1.165) is 0 Å². The highest BCUT2D eigenvalue weighted by Crippen LogP contribution is 1.80. The van der Waals surface area contributed by atoms with Crippen LogP contribution in [0, 0.1) is 0 Å². The highest BCUT2D eigenvalue weighted by atomic mass is 16.5. The van der Waals surface area contributed by atoms with Crippen molar-refractivity contribution < 1.29 is 14.3 Å². The molecule has 0 aliphatic heterocycles. The van der Waals surface area contributed by atoms with E-state index >= 15 is 0 Å². The number of carbonyl (C=O) groups excluding carboxylic acids is 1. The molecule has 0 aliphatic carbocycles. The molecule has 0 aliphatic rings. The van der Waals surface area contributed by atoms with E-state index in [1.54, 1.807) is 0 Å². The summed E-state index contributed by atoms with van der Waals surface area (Å²) >= 11 is 0. The normalized spacial score (nSPS) is 10.2. The summed E-state index contributed by atoms with van der Waals surface area (Å²) in [6.45, 7) is 2.55. The quantitative estimate of drug-likeness (QED) is 0.422. The monoisotopic (exact) mass is 144 g/mol. The molecule has 3 heteroatoms. The van der Waals surface area contributed by atoms with E-state index in [0.29, 0.717) is 6.61 Å². The molecule has 0 aromatic carbocycles. The minimum absolute atomic E-state index is 0.0871. The maximum Gasteiger partial charge on any atom is 0.184 e. The maximum atomic E-state index is 10.6. The van der Waals surface area contributed by atoms with Crippen LogP contribution in [-0.2, 0) is 14.3 Å². The molecule has 0 saturated heterocycles. The van der Waals surface area contributed by atoms with Crippen LogP contribution in [-0.4, -0.2) is 26.1 Å². The third-order valence-corrected chi connectivity index (χ3v) is 0.803. The number of ether oxygens (including phenoxy) is 2. The zero-order valence-corrected chi connectivity index (χ0v) is 6.29. The number of carbonyl (C=O) groups is 1. The van der Waals surface area contributed by atoms with Gasteiger partial charge in [0.05, 0.1) is 12.9 Å². The van der Waals surface area contributed by atoms with E-state index < -0.39 is 0 Å². The Morgan fingerprint density at radius 3 is 2.80 bits per heavy atom. The van der Waals surface area contributed by atoms with Crippen LogP contribution >= 0.6 is 0 Å². The Bertz CT molecular complexity index is 118. The molecule has 0 aromatic rings. The van der Waals surface area contributed by atoms with Crippen molar-refractivity contribution in [3.8, 4) is 0 Å². The second-order valence-corrected chi connectivity index (χ2v) is 1.66. The lowest BCUT2D eigenvalue weighted by atomic mass is 10.4. The number of ketones is 1. The van der Waals surface area contributed by atoms with Crippen molar-refractivity contribution in [3.63, 3.8) is 0 Å². The molecule has 58 valence electrons. The van der Waals surface area contributed by atoms with Crippen LogP contribution in [0.2, 0.25) is 0 Å². The molecule has 0 heterocycles. The third kappa shape index (κ3) is 5.31. The van der Waals surface area contributed by atoms with Crippen LogP contribution < -0.4 is 0 Å². The Kier molecular flexibility index (Phi) is 5.77. The van der Waals surface area contributed by atoms with E-state index in [9.17, 15) is 4.79 Å². The molecular formula is C7H12O3. The van der Waals surface area contributed by atoms with Gasteiger partial charge in [-0.1, -0.05) is 0 Å². The Morgan fingerprint density at radius 1 is 1.60 bits per heavy atom. The first kappa shape index (κ1) is 9.17. The number of hydrogen-bond acceptors (Lipinski definition) is 3. The first-order valence-electron chi connectivity index (χ1n) is 3.11. The van der Waals surface area contributed by atoms with Crippen LogP contribution in [0.3, 0.4) is 0 Å². The van der Waals surface area contributed by atoms with Gasteiger partial charge in [-0.05, 0) is 6.92 Å². The van der Waals surface area contributed by atoms with Gasteiger partial charge in [0.2, 0.25) is 0 Å². The molecule has 0 amide bonds. The van der Waals surface area contributed by atoms with Gasteiger partial charge in [-0.25, -0.2) is 0 Å². The van der Waals surface area contributed by atoms with Crippen molar-refractivity contribution in [2.75, 3.05) is 20.3 Å². The van der Waals surface area contributed by atoms with Crippen molar-refractivity contribution in [1.29, 1.82) is 0 Å². The fourth-order valence-electron chi connectivity index (χ4n) is 0.411. The Hall–Kier alpha value is -0.830. The first-order chi connectivity index (χ1) is 4.81. The average molecular weight is 144 g/mol. The van der Waals surface area contributed by atoms with Gasteiger partial charge in [-0.3, -0.25) is 4.79 Å². The summed E-state index contributed by atoms with van der Waals surface area (Å²) in [4.78, 5) is 10.6. The molecule has 3 nitrogen and oxygen atoms in total. The van der Waals surface area contributed by atoms with Gasteiger partial charge in [0.25, 0.3) is 0 Å². The number of hydrogen-bond donors (Lipinski definition) is 0. The van der Waals surface area contributed by atoms with E-state index in [4.69, 9.17) is 4.74 Å². The minimum atomic E-state index is -0.0871. The van der Waals surface area contributed by atoms with Crippen LogP contribution in [0.15, 0.2) is 12.3 Å². The average Bonchev–Trinajstić information content (AvgIpc) is 1.89. The molecule has 0 radical (unpaired) electrons. The van der Waals surface area contributed by atoms with Crippen molar-refractivity contribution in [1.82, 2.24) is 0 Å². The summed E-state index contributed by atoms with van der Waals surface area (Å²) < 4.78 is 9.37. The second kappa shape index (κ2) is 6.29. The fourth-order valence-corrected chi connectivity index (χ4v) is 0.411. The van der Waals surface area contributed by atoms with Gasteiger partial charge in [0.1, 0.15) is 6.61 Å². The molecular weight excluding hydrogens is 132 g/mol. The molecule has 0 unspecified atom stereocenters. The van der Waals surface area contributed by atoms with E-state index in [1.807, 2.05) is 6.92 Å². The van der Waals surface area contributed by atoms with Crippen LogP contribution in [0.25, 0.3) is 0 Å². The lowest BCUT2D eigenvalue weighted by Gasteiger charge is -1.92. The van der Waals surface area contributed by atoms with E-state index in [1.165, 1.54) is 19.4 Å². The topological polar surface area (TPSA) is 35.5 Å². The molecule has 0 saturated carbocycles. The second-order valence-electron chi connectivity index (χ2n) is 1.66. The summed E-state index contributed by atoms with van der Waals surface area (Å²) in [6, 6.07) is 0. The Balaban J connectivity index is 3.36. The molecule has 0 atom stereocenters. The largest absolute Gasteiger partial charge is 0.501 e. The Morgan fingerprint density at radius 2 is 2.30 bits per heavy atom. The van der Waals surface area contributed by atoms with Gasteiger partial charge in [-0.2, -0.15) is 0 Å². The first-order valence-corrected chi connectivity index (χ1v) is 3.11. The molecule has 0 fully saturated rings. The van der Waals surface area contributed by atoms with E-state index in [2.05, 4.69) is 4.74 Å². The van der Waals surface area contributed by atoms with Gasteiger partial charge in [0, 0.05) is 13.2 Å². The molecule has 0 N–H and O–H groups in total. The maximum absolute atomic E-state index is 10.6. The van der Waals surface area contributed by atoms with Crippen LogP contribution in [0.4, 0.5) is 0 Å². The number of rotatable bonds is 5. The zero-order chi connectivity index (χ0) is 7.82. The SMILES string of the molecule is CCO/C=C/C(=O)COC. The smallest absolute Gasteiger partial charge is 0.184 e. The van der Waals surface area contributed by atoms with Crippen molar-refractivity contribution in [2.45, 2.75) is 6.92 Å². The predicted octanol–water partition coefficient (Wildman–Crippen LogP) is 0.752. The standard InChI is InChI=1S/C7H12O3/c1-3-10-5-4-7(8)6-9-2/h4-5H,3,6H2,1-2H3/b5-4+. The van der Waals surface area contributed by atoms with Crippen molar-refractivity contribution in [3.05, 3.63) is 12.3 Å².